The Morgan fingerprint density at radius 1 is 1.40 bits per heavy atom. The largest absolute Gasteiger partial charge is 0.354 e. The minimum Gasteiger partial charge on any atom is -0.354 e. The van der Waals surface area contributed by atoms with Gasteiger partial charge in [0.15, 0.2) is 0 Å². The average Bonchev–Trinajstić information content (AvgIpc) is 3.02. The Morgan fingerprint density at radius 2 is 2.25 bits per heavy atom. The van der Waals surface area contributed by atoms with Gasteiger partial charge in [0, 0.05) is 38.2 Å². The maximum Gasteiger partial charge on any atom is 0.0522 e. The van der Waals surface area contributed by atoms with Crippen molar-refractivity contribution in [3.63, 3.8) is 0 Å². The van der Waals surface area contributed by atoms with E-state index in [0.29, 0.717) is 6.04 Å². The molecule has 4 heteroatoms. The van der Waals surface area contributed by atoms with Gasteiger partial charge in [0.2, 0.25) is 0 Å². The van der Waals surface area contributed by atoms with Crippen molar-refractivity contribution in [2.75, 3.05) is 6.54 Å². The second-order valence-corrected chi connectivity index (χ2v) is 5.83. The molecule has 4 nitrogen and oxygen atoms in total. The van der Waals surface area contributed by atoms with E-state index in [1.165, 1.54) is 24.0 Å². The summed E-state index contributed by atoms with van der Waals surface area (Å²) in [6.07, 6.45) is 12.3. The topological polar surface area (TPSA) is 34.8 Å². The quantitative estimate of drug-likeness (QED) is 0.840. The summed E-state index contributed by atoms with van der Waals surface area (Å²) in [5, 5.41) is 7.84. The van der Waals surface area contributed by atoms with Crippen LogP contribution in [0.3, 0.4) is 0 Å². The summed E-state index contributed by atoms with van der Waals surface area (Å²) in [7, 11) is 1.97. The average molecular weight is 272 g/mol. The van der Waals surface area contributed by atoms with Crippen molar-refractivity contribution in [1.82, 2.24) is 19.7 Å². The van der Waals surface area contributed by atoms with Crippen molar-refractivity contribution >= 4 is 0 Å². The molecule has 3 rings (SSSR count). The fraction of sp³-hybridized carbons (Fsp3) is 0.562. The summed E-state index contributed by atoms with van der Waals surface area (Å²) < 4.78 is 4.17. The van der Waals surface area contributed by atoms with E-state index in [-0.39, 0.29) is 0 Å². The molecule has 1 N–H and O–H groups in total. The Bertz CT molecular complexity index is 550. The lowest BCUT2D eigenvalue weighted by Crippen LogP contribution is -2.22. The summed E-state index contributed by atoms with van der Waals surface area (Å²) in [5.74, 6) is 0.851. The smallest absolute Gasteiger partial charge is 0.0522 e. The summed E-state index contributed by atoms with van der Waals surface area (Å²) in [6, 6.07) is 2.83. The Morgan fingerprint density at radius 3 is 2.90 bits per heavy atom. The maximum absolute atomic E-state index is 4.22. The zero-order chi connectivity index (χ0) is 13.9. The van der Waals surface area contributed by atoms with Gasteiger partial charge >= 0.3 is 0 Å². The fourth-order valence-corrected chi connectivity index (χ4v) is 2.85. The molecule has 0 spiro atoms. The molecule has 1 fully saturated rings. The second kappa shape index (κ2) is 5.83. The van der Waals surface area contributed by atoms with Crippen molar-refractivity contribution in [2.24, 2.45) is 13.0 Å². The molecule has 108 valence electrons. The van der Waals surface area contributed by atoms with Crippen LogP contribution in [0, 0.1) is 5.92 Å². The lowest BCUT2D eigenvalue weighted by atomic mass is 10.1. The van der Waals surface area contributed by atoms with Crippen LogP contribution in [-0.4, -0.2) is 20.9 Å². The van der Waals surface area contributed by atoms with E-state index in [1.54, 1.807) is 0 Å². The molecule has 0 radical (unpaired) electrons. The first kappa shape index (κ1) is 13.4. The molecule has 1 atom stereocenters. The van der Waals surface area contributed by atoms with Gasteiger partial charge in [-0.05, 0) is 48.9 Å². The molecule has 2 heterocycles. The Kier molecular flexibility index (Phi) is 3.92. The molecule has 1 aliphatic rings. The highest BCUT2D eigenvalue weighted by Crippen LogP contribution is 2.40. The van der Waals surface area contributed by atoms with Crippen molar-refractivity contribution < 1.29 is 0 Å². The number of aromatic nitrogens is 3. The van der Waals surface area contributed by atoms with Crippen LogP contribution in [0.4, 0.5) is 0 Å². The first-order valence-electron chi connectivity index (χ1n) is 7.63. The van der Waals surface area contributed by atoms with E-state index in [1.807, 2.05) is 17.9 Å². The van der Waals surface area contributed by atoms with Crippen molar-refractivity contribution in [3.8, 4) is 0 Å². The van der Waals surface area contributed by atoms with Crippen LogP contribution in [0.25, 0.3) is 0 Å². The van der Waals surface area contributed by atoms with Crippen molar-refractivity contribution in [1.29, 1.82) is 0 Å². The molecule has 1 saturated carbocycles. The first-order chi connectivity index (χ1) is 9.76. The Hall–Kier alpha value is -1.55. The van der Waals surface area contributed by atoms with Crippen LogP contribution in [0.2, 0.25) is 0 Å². The number of hydrogen-bond acceptors (Lipinski definition) is 2. The molecule has 0 aliphatic heterocycles. The maximum atomic E-state index is 4.22. The van der Waals surface area contributed by atoms with E-state index >= 15 is 0 Å². The molecule has 0 bridgehead atoms. The summed E-state index contributed by atoms with van der Waals surface area (Å²) >= 11 is 0. The van der Waals surface area contributed by atoms with Crippen LogP contribution in [0.15, 0.2) is 30.9 Å². The third kappa shape index (κ3) is 3.12. The number of aryl methyl sites for hydroxylation is 3. The van der Waals surface area contributed by atoms with Gasteiger partial charge < -0.3 is 9.88 Å². The van der Waals surface area contributed by atoms with Gasteiger partial charge in [-0.2, -0.15) is 5.10 Å². The van der Waals surface area contributed by atoms with E-state index in [9.17, 15) is 0 Å². The lowest BCUT2D eigenvalue weighted by Gasteiger charge is -2.15. The highest BCUT2D eigenvalue weighted by Gasteiger charge is 2.31. The summed E-state index contributed by atoms with van der Waals surface area (Å²) in [5.41, 5.74) is 2.74. The Labute approximate surface area is 120 Å². The molecule has 2 aromatic heterocycles. The first-order valence-corrected chi connectivity index (χ1v) is 7.63. The predicted octanol–water partition coefficient (Wildman–Crippen LogP) is 2.52. The standard InChI is InChI=1S/C16H24N4/c1-3-17-16(14-4-5-14)15-7-9-20(12-15)8-6-13-10-18-19(2)11-13/h7,9-12,14,16-17H,3-6,8H2,1-2H3. The summed E-state index contributed by atoms with van der Waals surface area (Å²) in [6.45, 7) is 4.26. The van der Waals surface area contributed by atoms with Crippen LogP contribution in [-0.2, 0) is 20.0 Å². The third-order valence-electron chi connectivity index (χ3n) is 4.07. The van der Waals surface area contributed by atoms with Gasteiger partial charge in [0.25, 0.3) is 0 Å². The van der Waals surface area contributed by atoms with Crippen molar-refractivity contribution in [3.05, 3.63) is 42.0 Å². The second-order valence-electron chi connectivity index (χ2n) is 5.83. The normalized spacial score (nSPS) is 16.5. The van der Waals surface area contributed by atoms with Crippen LogP contribution < -0.4 is 5.32 Å². The molecule has 20 heavy (non-hydrogen) atoms. The van der Waals surface area contributed by atoms with Crippen molar-refractivity contribution in [2.45, 2.75) is 38.8 Å². The zero-order valence-corrected chi connectivity index (χ0v) is 12.4. The molecule has 0 amide bonds. The van der Waals surface area contributed by atoms with E-state index in [0.717, 1.165) is 25.4 Å². The van der Waals surface area contributed by atoms with Gasteiger partial charge in [-0.3, -0.25) is 4.68 Å². The molecule has 1 unspecified atom stereocenters. The van der Waals surface area contributed by atoms with Gasteiger partial charge in [-0.25, -0.2) is 0 Å². The van der Waals surface area contributed by atoms with Gasteiger partial charge in [-0.15, -0.1) is 0 Å². The van der Waals surface area contributed by atoms with Gasteiger partial charge in [0.05, 0.1) is 6.20 Å². The van der Waals surface area contributed by atoms with Crippen LogP contribution >= 0.6 is 0 Å². The number of nitrogens with zero attached hydrogens (tertiary/aromatic N) is 3. The highest BCUT2D eigenvalue weighted by atomic mass is 15.2. The van der Waals surface area contributed by atoms with Crippen LogP contribution in [0.5, 0.6) is 0 Å². The lowest BCUT2D eigenvalue weighted by molar-refractivity contribution is 0.495. The molecular weight excluding hydrogens is 248 g/mol. The van der Waals surface area contributed by atoms with Gasteiger partial charge in [0.1, 0.15) is 0 Å². The zero-order valence-electron chi connectivity index (χ0n) is 12.4. The van der Waals surface area contributed by atoms with E-state index in [2.05, 4.69) is 46.6 Å². The molecule has 0 aromatic carbocycles. The fourth-order valence-electron chi connectivity index (χ4n) is 2.85. The monoisotopic (exact) mass is 272 g/mol. The Balaban J connectivity index is 1.61. The molecule has 0 saturated heterocycles. The molecule has 2 aromatic rings. The number of hydrogen-bond donors (Lipinski definition) is 1. The molecular formula is C16H24N4. The van der Waals surface area contributed by atoms with E-state index in [4.69, 9.17) is 0 Å². The number of rotatable bonds is 7. The highest BCUT2D eigenvalue weighted by molar-refractivity contribution is 5.18. The van der Waals surface area contributed by atoms with E-state index < -0.39 is 0 Å². The van der Waals surface area contributed by atoms with Crippen LogP contribution in [0.1, 0.15) is 36.9 Å². The molecule has 1 aliphatic carbocycles. The predicted molar refractivity (Wildman–Crippen MR) is 80.5 cm³/mol. The number of nitrogens with one attached hydrogen (secondary N) is 1. The summed E-state index contributed by atoms with van der Waals surface area (Å²) in [4.78, 5) is 0. The minimum absolute atomic E-state index is 0.555. The minimum atomic E-state index is 0.555. The SMILES string of the molecule is CCNC(c1ccn(CCc2cnn(C)c2)c1)C1CC1. The van der Waals surface area contributed by atoms with Gasteiger partial charge in [-0.1, -0.05) is 6.92 Å². The third-order valence-corrected chi connectivity index (χ3v) is 4.07.